The summed E-state index contributed by atoms with van der Waals surface area (Å²) in [5, 5.41) is 0.989. The van der Waals surface area contributed by atoms with Crippen molar-refractivity contribution in [3.05, 3.63) is 63.4 Å². The van der Waals surface area contributed by atoms with Gasteiger partial charge in [0.2, 0.25) is 0 Å². The van der Waals surface area contributed by atoms with Crippen molar-refractivity contribution in [3.63, 3.8) is 0 Å². The molecule has 0 aliphatic carbocycles. The molecule has 1 unspecified atom stereocenters. The summed E-state index contributed by atoms with van der Waals surface area (Å²) in [4.78, 5) is 28.9. The number of fused-ring (bicyclic) bond motifs is 1. The van der Waals surface area contributed by atoms with Crippen LogP contribution in [0.4, 0.5) is 0 Å². The zero-order valence-electron chi connectivity index (χ0n) is 14.3. The van der Waals surface area contributed by atoms with Crippen molar-refractivity contribution in [1.29, 1.82) is 0 Å². The molecule has 1 heterocycles. The molecule has 0 saturated carbocycles. The van der Waals surface area contributed by atoms with Crippen LogP contribution in [0.25, 0.3) is 22.3 Å². The van der Waals surface area contributed by atoms with Gasteiger partial charge in [-0.2, -0.15) is 0 Å². The Kier molecular flexibility index (Phi) is 5.30. The lowest BCUT2D eigenvalue weighted by atomic mass is 10.1. The minimum Gasteiger partial charge on any atom is -0.778 e. The molecule has 0 radical (unpaired) electrons. The number of hydrogen-bond acceptors (Lipinski definition) is 5. The number of rotatable bonds is 5. The van der Waals surface area contributed by atoms with E-state index in [1.165, 1.54) is 4.57 Å². The molecule has 26 heavy (non-hydrogen) atoms. The molecule has 3 aromatic rings. The van der Waals surface area contributed by atoms with E-state index in [-0.39, 0.29) is 18.3 Å². The SMILES string of the molecule is CCOP(=O)([O-])Cc1ccc(-c2nc3cc(Cl)ccc3c(=O)n2C)cc1. The molecule has 0 saturated heterocycles. The number of aromatic nitrogens is 2. The van der Waals surface area contributed by atoms with Gasteiger partial charge >= 0.3 is 0 Å². The van der Waals surface area contributed by atoms with Gasteiger partial charge in [0.15, 0.2) is 0 Å². The number of benzene rings is 2. The summed E-state index contributed by atoms with van der Waals surface area (Å²) in [6.07, 6.45) is -0.180. The predicted octanol–water partition coefficient (Wildman–Crippen LogP) is 3.34. The topological polar surface area (TPSA) is 84.2 Å². The molecule has 136 valence electrons. The second kappa shape index (κ2) is 7.33. The Morgan fingerprint density at radius 3 is 2.58 bits per heavy atom. The molecule has 0 aliphatic heterocycles. The number of hydrogen-bond donors (Lipinski definition) is 0. The van der Waals surface area contributed by atoms with Crippen LogP contribution in [-0.2, 0) is 22.3 Å². The van der Waals surface area contributed by atoms with Gasteiger partial charge in [-0.25, -0.2) is 4.98 Å². The lowest BCUT2D eigenvalue weighted by molar-refractivity contribution is -0.198. The van der Waals surface area contributed by atoms with Gasteiger partial charge in [-0.15, -0.1) is 0 Å². The summed E-state index contributed by atoms with van der Waals surface area (Å²) >= 11 is 6.00. The highest BCUT2D eigenvalue weighted by molar-refractivity contribution is 7.50. The molecule has 0 amide bonds. The number of halogens is 1. The Bertz CT molecular complexity index is 1060. The third kappa shape index (κ3) is 3.89. The van der Waals surface area contributed by atoms with Gasteiger partial charge in [-0.05, 0) is 30.7 Å². The van der Waals surface area contributed by atoms with Gasteiger partial charge in [-0.1, -0.05) is 35.9 Å². The van der Waals surface area contributed by atoms with Crippen LogP contribution in [0.1, 0.15) is 12.5 Å². The normalized spacial score (nSPS) is 13.7. The Hall–Kier alpha value is -1.98. The maximum Gasteiger partial charge on any atom is 0.261 e. The van der Waals surface area contributed by atoms with Gasteiger partial charge in [-0.3, -0.25) is 9.36 Å². The molecule has 3 rings (SSSR count). The molecule has 0 fully saturated rings. The van der Waals surface area contributed by atoms with Crippen molar-refractivity contribution < 1.29 is 14.0 Å². The summed E-state index contributed by atoms with van der Waals surface area (Å²) < 4.78 is 18.0. The van der Waals surface area contributed by atoms with Gasteiger partial charge in [0, 0.05) is 23.8 Å². The molecule has 2 aromatic carbocycles. The van der Waals surface area contributed by atoms with Crippen LogP contribution in [0.5, 0.6) is 0 Å². The Morgan fingerprint density at radius 2 is 1.92 bits per heavy atom. The van der Waals surface area contributed by atoms with E-state index in [1.807, 2.05) is 0 Å². The summed E-state index contributed by atoms with van der Waals surface area (Å²) in [6.45, 7) is 1.75. The van der Waals surface area contributed by atoms with E-state index in [0.29, 0.717) is 32.9 Å². The van der Waals surface area contributed by atoms with Crippen molar-refractivity contribution in [2.75, 3.05) is 6.61 Å². The zero-order chi connectivity index (χ0) is 18.9. The van der Waals surface area contributed by atoms with Crippen LogP contribution in [0.3, 0.4) is 0 Å². The fraction of sp³-hybridized carbons (Fsp3) is 0.222. The smallest absolute Gasteiger partial charge is 0.261 e. The first-order valence-electron chi connectivity index (χ1n) is 8.01. The average molecular weight is 392 g/mol. The van der Waals surface area contributed by atoms with Gasteiger partial charge < -0.3 is 14.0 Å². The second-order valence-corrected chi connectivity index (χ2v) is 8.08. The van der Waals surface area contributed by atoms with Crippen LogP contribution in [0.2, 0.25) is 5.02 Å². The Labute approximate surface area is 155 Å². The van der Waals surface area contributed by atoms with E-state index in [9.17, 15) is 14.3 Å². The fourth-order valence-corrected chi connectivity index (χ4v) is 4.04. The molecule has 1 atom stereocenters. The first kappa shape index (κ1) is 18.8. The van der Waals surface area contributed by atoms with E-state index in [0.717, 1.165) is 0 Å². The van der Waals surface area contributed by atoms with Crippen molar-refractivity contribution in [2.24, 2.45) is 7.05 Å². The van der Waals surface area contributed by atoms with Gasteiger partial charge in [0.1, 0.15) is 13.4 Å². The van der Waals surface area contributed by atoms with Crippen molar-refractivity contribution in [1.82, 2.24) is 9.55 Å². The van der Waals surface area contributed by atoms with E-state index < -0.39 is 7.60 Å². The number of nitrogens with zero attached hydrogens (tertiary/aromatic N) is 2. The van der Waals surface area contributed by atoms with E-state index >= 15 is 0 Å². The first-order valence-corrected chi connectivity index (χ1v) is 10.1. The minimum atomic E-state index is -3.89. The summed E-state index contributed by atoms with van der Waals surface area (Å²) in [7, 11) is -2.25. The monoisotopic (exact) mass is 391 g/mol. The summed E-state index contributed by atoms with van der Waals surface area (Å²) in [5.74, 6) is 0.478. The van der Waals surface area contributed by atoms with Crippen molar-refractivity contribution in [3.8, 4) is 11.4 Å². The lowest BCUT2D eigenvalue weighted by Crippen LogP contribution is -2.20. The molecule has 0 aliphatic rings. The highest BCUT2D eigenvalue weighted by Gasteiger charge is 2.12. The van der Waals surface area contributed by atoms with E-state index in [4.69, 9.17) is 16.1 Å². The second-order valence-electron chi connectivity index (χ2n) is 5.84. The van der Waals surface area contributed by atoms with Gasteiger partial charge in [0.25, 0.3) is 5.56 Å². The van der Waals surface area contributed by atoms with E-state index in [2.05, 4.69) is 4.98 Å². The van der Waals surface area contributed by atoms with Crippen LogP contribution in [0, 0.1) is 0 Å². The van der Waals surface area contributed by atoms with Crippen molar-refractivity contribution >= 4 is 30.1 Å². The zero-order valence-corrected chi connectivity index (χ0v) is 16.0. The molecule has 6 nitrogen and oxygen atoms in total. The molecular formula is C18H17ClN2O4P-. The molecule has 1 aromatic heterocycles. The lowest BCUT2D eigenvalue weighted by Gasteiger charge is -2.22. The molecule has 0 N–H and O–H groups in total. The standard InChI is InChI=1S/C18H18ClN2O4P/c1-3-25-26(23,24)11-12-4-6-13(7-5-12)17-20-16-10-14(19)8-9-15(16)18(22)21(17)2/h4-10H,3,11H2,1-2H3,(H,23,24)/p-1. The largest absolute Gasteiger partial charge is 0.778 e. The maximum atomic E-state index is 12.5. The summed E-state index contributed by atoms with van der Waals surface area (Å²) in [6, 6.07) is 11.8. The molecule has 0 bridgehead atoms. The highest BCUT2D eigenvalue weighted by atomic mass is 35.5. The highest BCUT2D eigenvalue weighted by Crippen LogP contribution is 2.41. The molecule has 8 heteroatoms. The van der Waals surface area contributed by atoms with E-state index in [1.54, 1.807) is 56.4 Å². The Morgan fingerprint density at radius 1 is 1.23 bits per heavy atom. The molecule has 0 spiro atoms. The first-order chi connectivity index (χ1) is 12.3. The predicted molar refractivity (Wildman–Crippen MR) is 100 cm³/mol. The summed E-state index contributed by atoms with van der Waals surface area (Å²) in [5.41, 5.74) is 1.65. The van der Waals surface area contributed by atoms with Gasteiger partial charge in [0.05, 0.1) is 17.5 Å². The quantitative estimate of drug-likeness (QED) is 0.623. The van der Waals surface area contributed by atoms with Crippen LogP contribution in [-0.4, -0.2) is 16.2 Å². The molecular weight excluding hydrogens is 375 g/mol. The fourth-order valence-electron chi connectivity index (χ4n) is 2.73. The average Bonchev–Trinajstić information content (AvgIpc) is 2.58. The minimum absolute atomic E-state index is 0.116. The third-order valence-corrected chi connectivity index (χ3v) is 5.59. The Balaban J connectivity index is 2.00. The van der Waals surface area contributed by atoms with Crippen LogP contribution >= 0.6 is 19.2 Å². The van der Waals surface area contributed by atoms with Crippen LogP contribution in [0.15, 0.2) is 47.3 Å². The van der Waals surface area contributed by atoms with Crippen LogP contribution < -0.4 is 10.5 Å². The maximum absolute atomic E-state index is 12.5. The third-order valence-electron chi connectivity index (χ3n) is 3.95. The van der Waals surface area contributed by atoms with Crippen molar-refractivity contribution in [2.45, 2.75) is 13.1 Å².